The molecule has 0 aliphatic carbocycles. The first-order chi connectivity index (χ1) is 8.70. The Morgan fingerprint density at radius 3 is 2.94 bits per heavy atom. The maximum atomic E-state index is 11.8. The van der Waals surface area contributed by atoms with Crippen molar-refractivity contribution in [1.29, 1.82) is 0 Å². The van der Waals surface area contributed by atoms with Gasteiger partial charge in [0.1, 0.15) is 23.5 Å². The summed E-state index contributed by atoms with van der Waals surface area (Å²) in [6.45, 7) is 0.230. The second-order valence-corrected chi connectivity index (χ2v) is 3.75. The molecular formula is C10H10ClN5O2. The Morgan fingerprint density at radius 2 is 2.28 bits per heavy atom. The lowest BCUT2D eigenvalue weighted by Crippen LogP contribution is -2.25. The molecule has 0 bridgehead atoms. The van der Waals surface area contributed by atoms with Crippen LogP contribution in [0.4, 0.5) is 5.82 Å². The number of carbonyl (C=O) groups is 1. The average molecular weight is 268 g/mol. The number of hydrogen-bond acceptors (Lipinski definition) is 6. The maximum absolute atomic E-state index is 11.8. The molecular weight excluding hydrogens is 258 g/mol. The highest BCUT2D eigenvalue weighted by Crippen LogP contribution is 2.16. The predicted molar refractivity (Wildman–Crippen MR) is 64.7 cm³/mol. The number of hydrazine groups is 1. The van der Waals surface area contributed by atoms with E-state index in [1.165, 1.54) is 12.3 Å². The molecule has 8 heteroatoms. The van der Waals surface area contributed by atoms with Gasteiger partial charge in [0.2, 0.25) is 0 Å². The number of hydrogen-bond donors (Lipinski definition) is 3. The zero-order valence-corrected chi connectivity index (χ0v) is 9.94. The molecule has 0 aliphatic heterocycles. The smallest absolute Gasteiger partial charge is 0.271 e. The molecule has 0 atom stereocenters. The number of nitrogens with zero attached hydrogens (tertiary/aromatic N) is 2. The summed E-state index contributed by atoms with van der Waals surface area (Å²) in [4.78, 5) is 15.8. The standard InChI is InChI=1S/C10H10ClN5O2/c11-7-1-2-8(15-12)14-9(7)10(17)13-5-6-3-4-18-16-6/h1-4H,5,12H2,(H,13,17)(H,14,15). The summed E-state index contributed by atoms with van der Waals surface area (Å²) in [5.74, 6) is 5.15. The highest BCUT2D eigenvalue weighted by atomic mass is 35.5. The second kappa shape index (κ2) is 5.48. The summed E-state index contributed by atoms with van der Waals surface area (Å²) in [6, 6.07) is 4.75. The Balaban J connectivity index is 2.08. The largest absolute Gasteiger partial charge is 0.364 e. The molecule has 0 radical (unpaired) electrons. The molecule has 2 heterocycles. The minimum absolute atomic E-state index is 0.0932. The summed E-state index contributed by atoms with van der Waals surface area (Å²) >= 11 is 5.88. The summed E-state index contributed by atoms with van der Waals surface area (Å²) in [5.41, 5.74) is 3.04. The van der Waals surface area contributed by atoms with Crippen LogP contribution in [0.25, 0.3) is 0 Å². The van der Waals surface area contributed by atoms with Crippen LogP contribution in [-0.2, 0) is 6.54 Å². The fourth-order valence-corrected chi connectivity index (χ4v) is 1.46. The van der Waals surface area contributed by atoms with E-state index in [9.17, 15) is 4.79 Å². The van der Waals surface area contributed by atoms with Crippen molar-refractivity contribution < 1.29 is 9.32 Å². The van der Waals surface area contributed by atoms with Crippen LogP contribution >= 0.6 is 11.6 Å². The van der Waals surface area contributed by atoms with Gasteiger partial charge in [0.15, 0.2) is 0 Å². The van der Waals surface area contributed by atoms with Gasteiger partial charge in [-0.1, -0.05) is 16.8 Å². The van der Waals surface area contributed by atoms with Gasteiger partial charge < -0.3 is 15.3 Å². The summed E-state index contributed by atoms with van der Waals surface area (Å²) in [5, 5.41) is 6.52. The van der Waals surface area contributed by atoms with Crippen LogP contribution in [0.5, 0.6) is 0 Å². The third-order valence-corrected chi connectivity index (χ3v) is 2.44. The van der Waals surface area contributed by atoms with E-state index in [1.807, 2.05) is 0 Å². The van der Waals surface area contributed by atoms with Crippen molar-refractivity contribution in [2.75, 3.05) is 5.43 Å². The Kier molecular flexibility index (Phi) is 3.75. The molecule has 0 saturated heterocycles. The van der Waals surface area contributed by atoms with E-state index in [0.29, 0.717) is 11.5 Å². The number of rotatable bonds is 4. The van der Waals surface area contributed by atoms with E-state index in [0.717, 1.165) is 0 Å². The topological polar surface area (TPSA) is 106 Å². The van der Waals surface area contributed by atoms with Crippen LogP contribution in [-0.4, -0.2) is 16.0 Å². The number of halogens is 1. The Hall–Kier alpha value is -2.12. The van der Waals surface area contributed by atoms with E-state index in [4.69, 9.17) is 17.4 Å². The van der Waals surface area contributed by atoms with Crippen molar-refractivity contribution in [1.82, 2.24) is 15.5 Å². The van der Waals surface area contributed by atoms with Crippen molar-refractivity contribution in [2.45, 2.75) is 6.54 Å². The lowest BCUT2D eigenvalue weighted by Gasteiger charge is -2.06. The number of aromatic nitrogens is 2. The van der Waals surface area contributed by atoms with Gasteiger partial charge in [0.05, 0.1) is 11.6 Å². The van der Waals surface area contributed by atoms with E-state index < -0.39 is 5.91 Å². The molecule has 2 rings (SSSR count). The van der Waals surface area contributed by atoms with Gasteiger partial charge in [-0.25, -0.2) is 10.8 Å². The third kappa shape index (κ3) is 2.76. The second-order valence-electron chi connectivity index (χ2n) is 3.34. The van der Waals surface area contributed by atoms with E-state index >= 15 is 0 Å². The van der Waals surface area contributed by atoms with Crippen molar-refractivity contribution in [3.05, 3.63) is 40.9 Å². The SMILES string of the molecule is NNc1ccc(Cl)c(C(=O)NCc2ccon2)n1. The zero-order valence-electron chi connectivity index (χ0n) is 9.18. The normalized spacial score (nSPS) is 10.1. The van der Waals surface area contributed by atoms with E-state index in [2.05, 4.69) is 25.4 Å². The van der Waals surface area contributed by atoms with Crippen LogP contribution in [0.2, 0.25) is 5.02 Å². The number of carbonyl (C=O) groups excluding carboxylic acids is 1. The molecule has 2 aromatic rings. The minimum atomic E-state index is -0.417. The van der Waals surface area contributed by atoms with Crippen molar-refractivity contribution >= 4 is 23.3 Å². The fourth-order valence-electron chi connectivity index (χ4n) is 1.27. The van der Waals surface area contributed by atoms with Crippen LogP contribution in [0.1, 0.15) is 16.2 Å². The molecule has 1 amide bonds. The van der Waals surface area contributed by atoms with Gasteiger partial charge in [0.25, 0.3) is 5.91 Å². The minimum Gasteiger partial charge on any atom is -0.364 e. The highest BCUT2D eigenvalue weighted by molar-refractivity contribution is 6.33. The van der Waals surface area contributed by atoms with Crippen molar-refractivity contribution in [2.24, 2.45) is 5.84 Å². The van der Waals surface area contributed by atoms with Gasteiger partial charge >= 0.3 is 0 Å². The average Bonchev–Trinajstić information content (AvgIpc) is 2.89. The molecule has 0 aliphatic rings. The lowest BCUT2D eigenvalue weighted by molar-refractivity contribution is 0.0945. The molecule has 0 unspecified atom stereocenters. The highest BCUT2D eigenvalue weighted by Gasteiger charge is 2.13. The summed E-state index contributed by atoms with van der Waals surface area (Å²) < 4.78 is 4.64. The first kappa shape index (κ1) is 12.3. The Labute approximate surface area is 107 Å². The van der Waals surface area contributed by atoms with Crippen molar-refractivity contribution in [3.8, 4) is 0 Å². The van der Waals surface area contributed by atoms with Gasteiger partial charge in [-0.05, 0) is 12.1 Å². The molecule has 4 N–H and O–H groups in total. The number of pyridine rings is 1. The molecule has 2 aromatic heterocycles. The number of anilines is 1. The quantitative estimate of drug-likeness (QED) is 0.562. The number of nitrogens with one attached hydrogen (secondary N) is 2. The molecule has 18 heavy (non-hydrogen) atoms. The van der Waals surface area contributed by atoms with Crippen LogP contribution < -0.4 is 16.6 Å². The fraction of sp³-hybridized carbons (Fsp3) is 0.100. The molecule has 0 aromatic carbocycles. The van der Waals surface area contributed by atoms with Gasteiger partial charge in [-0.15, -0.1) is 0 Å². The monoisotopic (exact) mass is 267 g/mol. The Morgan fingerprint density at radius 1 is 1.44 bits per heavy atom. The van der Waals surface area contributed by atoms with Crippen LogP contribution in [0, 0.1) is 0 Å². The van der Waals surface area contributed by atoms with Gasteiger partial charge in [-0.3, -0.25) is 4.79 Å². The molecule has 0 spiro atoms. The number of nitrogens with two attached hydrogens (primary N) is 1. The summed E-state index contributed by atoms with van der Waals surface area (Å²) in [6.07, 6.45) is 1.42. The number of nitrogen functional groups attached to an aromatic ring is 1. The first-order valence-electron chi connectivity index (χ1n) is 5.01. The summed E-state index contributed by atoms with van der Waals surface area (Å²) in [7, 11) is 0. The zero-order chi connectivity index (χ0) is 13.0. The lowest BCUT2D eigenvalue weighted by atomic mass is 10.3. The first-order valence-corrected chi connectivity index (χ1v) is 5.39. The third-order valence-electron chi connectivity index (χ3n) is 2.13. The van der Waals surface area contributed by atoms with Gasteiger partial charge in [-0.2, -0.15) is 0 Å². The van der Waals surface area contributed by atoms with E-state index in [1.54, 1.807) is 12.1 Å². The predicted octanol–water partition coefficient (Wildman–Crippen LogP) is 0.939. The van der Waals surface area contributed by atoms with Crippen LogP contribution in [0.3, 0.4) is 0 Å². The van der Waals surface area contributed by atoms with Crippen molar-refractivity contribution in [3.63, 3.8) is 0 Å². The Bertz CT molecular complexity index is 543. The maximum Gasteiger partial charge on any atom is 0.271 e. The van der Waals surface area contributed by atoms with Gasteiger partial charge in [0, 0.05) is 6.07 Å². The van der Waals surface area contributed by atoms with Crippen LogP contribution in [0.15, 0.2) is 29.0 Å². The molecule has 94 valence electrons. The molecule has 7 nitrogen and oxygen atoms in total. The molecule has 0 saturated carbocycles. The van der Waals surface area contributed by atoms with E-state index in [-0.39, 0.29) is 17.3 Å². The molecule has 0 fully saturated rings. The number of amides is 1.